The highest BCUT2D eigenvalue weighted by molar-refractivity contribution is 6.30. The third-order valence-corrected chi connectivity index (χ3v) is 3.34. The van der Waals surface area contributed by atoms with Crippen molar-refractivity contribution in [1.29, 1.82) is 0 Å². The molecule has 1 aromatic rings. The summed E-state index contributed by atoms with van der Waals surface area (Å²) < 4.78 is 0. The Bertz CT molecular complexity index is 318. The molecule has 0 saturated heterocycles. The lowest BCUT2D eigenvalue weighted by atomic mass is 9.70. The average Bonchev–Trinajstić information content (AvgIpc) is 2.12. The van der Waals surface area contributed by atoms with E-state index in [0.29, 0.717) is 5.41 Å². The summed E-state index contributed by atoms with van der Waals surface area (Å²) in [6, 6.07) is 7.92. The molecule has 0 radical (unpaired) electrons. The number of hydrogen-bond acceptors (Lipinski definition) is 1. The molecular formula is C12H16ClN. The van der Waals surface area contributed by atoms with Crippen molar-refractivity contribution in [2.45, 2.75) is 26.2 Å². The summed E-state index contributed by atoms with van der Waals surface area (Å²) >= 11 is 5.90. The maximum absolute atomic E-state index is 5.90. The van der Waals surface area contributed by atoms with Gasteiger partial charge in [0.1, 0.15) is 0 Å². The first-order valence-corrected chi connectivity index (χ1v) is 5.55. The Morgan fingerprint density at radius 1 is 1.43 bits per heavy atom. The van der Waals surface area contributed by atoms with Gasteiger partial charge in [-0.3, -0.25) is 0 Å². The molecule has 1 nitrogen and oxygen atoms in total. The SMILES string of the molecule is CC1(CNc2cccc(Cl)c2)CCC1. The molecule has 14 heavy (non-hydrogen) atoms. The van der Waals surface area contributed by atoms with Crippen molar-refractivity contribution in [2.75, 3.05) is 11.9 Å². The van der Waals surface area contributed by atoms with E-state index in [1.54, 1.807) is 0 Å². The number of rotatable bonds is 3. The lowest BCUT2D eigenvalue weighted by Crippen LogP contribution is -2.33. The van der Waals surface area contributed by atoms with Crippen molar-refractivity contribution < 1.29 is 0 Å². The van der Waals surface area contributed by atoms with Crippen LogP contribution in [0.4, 0.5) is 5.69 Å². The fourth-order valence-electron chi connectivity index (χ4n) is 1.87. The van der Waals surface area contributed by atoms with Gasteiger partial charge in [-0.2, -0.15) is 0 Å². The molecule has 0 atom stereocenters. The van der Waals surface area contributed by atoms with E-state index < -0.39 is 0 Å². The van der Waals surface area contributed by atoms with Crippen molar-refractivity contribution in [2.24, 2.45) is 5.41 Å². The van der Waals surface area contributed by atoms with Crippen LogP contribution in [-0.2, 0) is 0 Å². The first-order chi connectivity index (χ1) is 6.68. The van der Waals surface area contributed by atoms with E-state index in [0.717, 1.165) is 17.3 Å². The lowest BCUT2D eigenvalue weighted by Gasteiger charge is -2.38. The molecule has 1 aliphatic carbocycles. The van der Waals surface area contributed by atoms with Gasteiger partial charge in [-0.25, -0.2) is 0 Å². The van der Waals surface area contributed by atoms with Crippen molar-refractivity contribution in [1.82, 2.24) is 0 Å². The molecule has 2 heteroatoms. The monoisotopic (exact) mass is 209 g/mol. The van der Waals surface area contributed by atoms with Gasteiger partial charge >= 0.3 is 0 Å². The van der Waals surface area contributed by atoms with Gasteiger partial charge in [0, 0.05) is 17.3 Å². The van der Waals surface area contributed by atoms with Crippen molar-refractivity contribution in [3.8, 4) is 0 Å². The molecule has 0 aliphatic heterocycles. The van der Waals surface area contributed by atoms with E-state index in [-0.39, 0.29) is 0 Å². The standard InChI is InChI=1S/C12H16ClN/c1-12(6-3-7-12)9-14-11-5-2-4-10(13)8-11/h2,4-5,8,14H,3,6-7,9H2,1H3. The second-order valence-electron chi connectivity index (χ2n) is 4.53. The van der Waals surface area contributed by atoms with Crippen LogP contribution in [0, 0.1) is 5.41 Å². The minimum atomic E-state index is 0.516. The van der Waals surface area contributed by atoms with Crippen LogP contribution >= 0.6 is 11.6 Å². The van der Waals surface area contributed by atoms with Crippen LogP contribution < -0.4 is 5.32 Å². The molecule has 0 spiro atoms. The summed E-state index contributed by atoms with van der Waals surface area (Å²) in [5.41, 5.74) is 1.65. The third kappa shape index (κ3) is 2.21. The number of nitrogens with one attached hydrogen (secondary N) is 1. The molecule has 0 unspecified atom stereocenters. The Kier molecular flexibility index (Phi) is 2.69. The van der Waals surface area contributed by atoms with E-state index in [4.69, 9.17) is 11.6 Å². The molecule has 0 amide bonds. The van der Waals surface area contributed by atoms with Crippen LogP contribution in [0.1, 0.15) is 26.2 Å². The molecular weight excluding hydrogens is 194 g/mol. The minimum absolute atomic E-state index is 0.516. The van der Waals surface area contributed by atoms with E-state index in [1.165, 1.54) is 19.3 Å². The molecule has 1 aromatic carbocycles. The largest absolute Gasteiger partial charge is 0.384 e. The number of halogens is 1. The zero-order valence-corrected chi connectivity index (χ0v) is 9.27. The Morgan fingerprint density at radius 2 is 2.21 bits per heavy atom. The van der Waals surface area contributed by atoms with Gasteiger partial charge < -0.3 is 5.32 Å². The molecule has 1 fully saturated rings. The summed E-state index contributed by atoms with van der Waals surface area (Å²) in [5.74, 6) is 0. The van der Waals surface area contributed by atoms with E-state index in [1.807, 2.05) is 18.2 Å². The molecule has 0 heterocycles. The number of hydrogen-bond donors (Lipinski definition) is 1. The lowest BCUT2D eigenvalue weighted by molar-refractivity contribution is 0.180. The van der Waals surface area contributed by atoms with Crippen LogP contribution in [0.25, 0.3) is 0 Å². The fourth-order valence-corrected chi connectivity index (χ4v) is 2.06. The number of benzene rings is 1. The van der Waals surface area contributed by atoms with Crippen LogP contribution in [-0.4, -0.2) is 6.54 Å². The Labute approximate surface area is 90.5 Å². The van der Waals surface area contributed by atoms with Crippen LogP contribution in [0.3, 0.4) is 0 Å². The van der Waals surface area contributed by atoms with Gasteiger partial charge in [-0.05, 0) is 36.5 Å². The van der Waals surface area contributed by atoms with Crippen LogP contribution in [0.15, 0.2) is 24.3 Å². The zero-order chi connectivity index (χ0) is 10.0. The van der Waals surface area contributed by atoms with Gasteiger partial charge in [-0.1, -0.05) is 31.0 Å². The molecule has 1 aliphatic rings. The van der Waals surface area contributed by atoms with Gasteiger partial charge in [0.2, 0.25) is 0 Å². The smallest absolute Gasteiger partial charge is 0.0426 e. The highest BCUT2D eigenvalue weighted by atomic mass is 35.5. The molecule has 0 bridgehead atoms. The Morgan fingerprint density at radius 3 is 2.79 bits per heavy atom. The highest BCUT2D eigenvalue weighted by Crippen LogP contribution is 2.40. The first kappa shape index (κ1) is 9.85. The van der Waals surface area contributed by atoms with Gasteiger partial charge in [-0.15, -0.1) is 0 Å². The fraction of sp³-hybridized carbons (Fsp3) is 0.500. The van der Waals surface area contributed by atoms with E-state index in [2.05, 4.69) is 18.3 Å². The summed E-state index contributed by atoms with van der Waals surface area (Å²) in [7, 11) is 0. The van der Waals surface area contributed by atoms with E-state index in [9.17, 15) is 0 Å². The van der Waals surface area contributed by atoms with Crippen molar-refractivity contribution in [3.63, 3.8) is 0 Å². The highest BCUT2D eigenvalue weighted by Gasteiger charge is 2.31. The van der Waals surface area contributed by atoms with Gasteiger partial charge in [0.05, 0.1) is 0 Å². The van der Waals surface area contributed by atoms with Crippen LogP contribution in [0.5, 0.6) is 0 Å². The van der Waals surface area contributed by atoms with Gasteiger partial charge in [0.15, 0.2) is 0 Å². The first-order valence-electron chi connectivity index (χ1n) is 5.17. The van der Waals surface area contributed by atoms with Crippen molar-refractivity contribution >= 4 is 17.3 Å². The van der Waals surface area contributed by atoms with Crippen molar-refractivity contribution in [3.05, 3.63) is 29.3 Å². The number of anilines is 1. The molecule has 2 rings (SSSR count). The predicted octanol–water partition coefficient (Wildman–Crippen LogP) is 3.94. The summed E-state index contributed by atoms with van der Waals surface area (Å²) in [6.45, 7) is 3.40. The molecule has 1 saturated carbocycles. The maximum Gasteiger partial charge on any atom is 0.0426 e. The predicted molar refractivity (Wildman–Crippen MR) is 61.9 cm³/mol. The quantitative estimate of drug-likeness (QED) is 0.795. The third-order valence-electron chi connectivity index (χ3n) is 3.10. The topological polar surface area (TPSA) is 12.0 Å². The van der Waals surface area contributed by atoms with Gasteiger partial charge in [0.25, 0.3) is 0 Å². The summed E-state index contributed by atoms with van der Waals surface area (Å²) in [4.78, 5) is 0. The van der Waals surface area contributed by atoms with E-state index >= 15 is 0 Å². The zero-order valence-electron chi connectivity index (χ0n) is 8.52. The second kappa shape index (κ2) is 3.82. The Hall–Kier alpha value is -0.690. The summed E-state index contributed by atoms with van der Waals surface area (Å²) in [5, 5.41) is 4.24. The normalized spacial score (nSPS) is 18.7. The summed E-state index contributed by atoms with van der Waals surface area (Å²) in [6.07, 6.45) is 4.08. The maximum atomic E-state index is 5.90. The van der Waals surface area contributed by atoms with Crippen LogP contribution in [0.2, 0.25) is 5.02 Å². The molecule has 76 valence electrons. The minimum Gasteiger partial charge on any atom is -0.384 e. The molecule has 0 aromatic heterocycles. The average molecular weight is 210 g/mol. The Balaban J connectivity index is 1.91. The molecule has 1 N–H and O–H groups in total. The second-order valence-corrected chi connectivity index (χ2v) is 4.96.